The summed E-state index contributed by atoms with van der Waals surface area (Å²) in [7, 11) is 0. The lowest BCUT2D eigenvalue weighted by atomic mass is 10.1. The molecular formula is C14H11N3. The lowest BCUT2D eigenvalue weighted by molar-refractivity contribution is 1.16. The van der Waals surface area contributed by atoms with Crippen LogP contribution in [0.4, 0.5) is 0 Å². The first-order chi connectivity index (χ1) is 8.34. The van der Waals surface area contributed by atoms with Crippen molar-refractivity contribution in [1.82, 2.24) is 15.0 Å². The third kappa shape index (κ3) is 1.76. The Morgan fingerprint density at radius 3 is 2.59 bits per heavy atom. The third-order valence-corrected chi connectivity index (χ3v) is 2.78. The smallest absolute Gasteiger partial charge is 0.115 e. The minimum Gasteiger partial charge on any atom is -0.248 e. The maximum atomic E-state index is 4.63. The molecule has 0 spiro atoms. The van der Waals surface area contributed by atoms with Crippen LogP contribution in [0.3, 0.4) is 0 Å². The van der Waals surface area contributed by atoms with Gasteiger partial charge in [0.1, 0.15) is 6.33 Å². The highest BCUT2D eigenvalue weighted by molar-refractivity contribution is 5.84. The van der Waals surface area contributed by atoms with Gasteiger partial charge in [-0.2, -0.15) is 0 Å². The average Bonchev–Trinajstić information content (AvgIpc) is 2.40. The highest BCUT2D eigenvalue weighted by atomic mass is 14.8. The summed E-state index contributed by atoms with van der Waals surface area (Å²) in [6.45, 7) is 2.09. The van der Waals surface area contributed by atoms with Gasteiger partial charge in [0.25, 0.3) is 0 Å². The van der Waals surface area contributed by atoms with E-state index in [1.807, 2.05) is 18.2 Å². The molecule has 3 nitrogen and oxygen atoms in total. The van der Waals surface area contributed by atoms with Crippen molar-refractivity contribution in [2.24, 2.45) is 0 Å². The van der Waals surface area contributed by atoms with E-state index in [1.165, 1.54) is 17.3 Å². The molecule has 0 amide bonds. The number of pyridine rings is 1. The summed E-state index contributed by atoms with van der Waals surface area (Å²) < 4.78 is 0. The van der Waals surface area contributed by atoms with E-state index >= 15 is 0 Å². The minimum absolute atomic E-state index is 0.918. The molecule has 82 valence electrons. The first-order valence-corrected chi connectivity index (χ1v) is 5.46. The van der Waals surface area contributed by atoms with E-state index in [4.69, 9.17) is 0 Å². The van der Waals surface area contributed by atoms with Crippen molar-refractivity contribution < 1.29 is 0 Å². The summed E-state index contributed by atoms with van der Waals surface area (Å²) in [5.41, 5.74) is 4.09. The maximum Gasteiger partial charge on any atom is 0.115 e. The summed E-state index contributed by atoms with van der Waals surface area (Å²) in [5.74, 6) is 0. The van der Waals surface area contributed by atoms with Gasteiger partial charge in [0.2, 0.25) is 0 Å². The van der Waals surface area contributed by atoms with E-state index in [-0.39, 0.29) is 0 Å². The van der Waals surface area contributed by atoms with Gasteiger partial charge in [-0.05, 0) is 24.6 Å². The Bertz CT molecular complexity index is 663. The fourth-order valence-corrected chi connectivity index (χ4v) is 1.93. The Labute approximate surface area is 99.2 Å². The molecule has 2 aromatic heterocycles. The van der Waals surface area contributed by atoms with Crippen LogP contribution in [0.15, 0.2) is 49.1 Å². The van der Waals surface area contributed by atoms with Crippen LogP contribution in [-0.2, 0) is 0 Å². The molecule has 0 fully saturated rings. The largest absolute Gasteiger partial charge is 0.248 e. The molecule has 0 N–H and O–H groups in total. The number of hydrogen-bond acceptors (Lipinski definition) is 3. The molecule has 0 aliphatic carbocycles. The van der Waals surface area contributed by atoms with Gasteiger partial charge in [-0.3, -0.25) is 0 Å². The van der Waals surface area contributed by atoms with Crippen molar-refractivity contribution in [3.05, 3.63) is 54.6 Å². The highest BCUT2D eigenvalue weighted by Crippen LogP contribution is 2.22. The Morgan fingerprint density at radius 1 is 1.00 bits per heavy atom. The molecule has 3 rings (SSSR count). The van der Waals surface area contributed by atoms with Crippen LogP contribution in [0.25, 0.3) is 22.2 Å². The first-order valence-electron chi connectivity index (χ1n) is 5.46. The van der Waals surface area contributed by atoms with Gasteiger partial charge < -0.3 is 0 Å². The van der Waals surface area contributed by atoms with Crippen LogP contribution in [0.5, 0.6) is 0 Å². The van der Waals surface area contributed by atoms with Crippen molar-refractivity contribution in [3.63, 3.8) is 0 Å². The zero-order valence-electron chi connectivity index (χ0n) is 9.46. The summed E-state index contributed by atoms with van der Waals surface area (Å²) in [6.07, 6.45) is 5.09. The van der Waals surface area contributed by atoms with E-state index in [0.29, 0.717) is 0 Å². The number of aryl methyl sites for hydroxylation is 1. The zero-order chi connectivity index (χ0) is 11.7. The minimum atomic E-state index is 0.918. The van der Waals surface area contributed by atoms with E-state index in [0.717, 1.165) is 16.8 Å². The summed E-state index contributed by atoms with van der Waals surface area (Å²) in [4.78, 5) is 12.7. The Balaban J connectivity index is 2.26. The molecule has 0 atom stereocenters. The monoisotopic (exact) mass is 221 g/mol. The molecule has 0 radical (unpaired) electrons. The quantitative estimate of drug-likeness (QED) is 0.634. The second-order valence-corrected chi connectivity index (χ2v) is 3.97. The van der Waals surface area contributed by atoms with E-state index in [9.17, 15) is 0 Å². The number of benzene rings is 1. The Kier molecular flexibility index (Phi) is 2.29. The van der Waals surface area contributed by atoms with Crippen LogP contribution in [0, 0.1) is 6.92 Å². The van der Waals surface area contributed by atoms with E-state index in [1.54, 1.807) is 12.4 Å². The summed E-state index contributed by atoms with van der Waals surface area (Å²) in [5, 5.41) is 1.19. The highest BCUT2D eigenvalue weighted by Gasteiger charge is 2.04. The van der Waals surface area contributed by atoms with Gasteiger partial charge >= 0.3 is 0 Å². The predicted molar refractivity (Wildman–Crippen MR) is 67.5 cm³/mol. The maximum absolute atomic E-state index is 4.63. The average molecular weight is 221 g/mol. The van der Waals surface area contributed by atoms with Crippen LogP contribution < -0.4 is 0 Å². The van der Waals surface area contributed by atoms with Crippen molar-refractivity contribution >= 4 is 10.9 Å². The molecule has 0 bridgehead atoms. The van der Waals surface area contributed by atoms with Crippen LogP contribution in [0.2, 0.25) is 0 Å². The lowest BCUT2D eigenvalue weighted by Gasteiger charge is -2.05. The fraction of sp³-hybridized carbons (Fsp3) is 0.0714. The molecule has 0 unspecified atom stereocenters. The van der Waals surface area contributed by atoms with Crippen LogP contribution in [-0.4, -0.2) is 15.0 Å². The van der Waals surface area contributed by atoms with E-state index in [2.05, 4.69) is 34.0 Å². The van der Waals surface area contributed by atoms with Gasteiger partial charge in [0, 0.05) is 23.3 Å². The number of rotatable bonds is 1. The second kappa shape index (κ2) is 3.94. The number of aromatic nitrogens is 3. The molecule has 3 heteroatoms. The molecule has 1 aromatic carbocycles. The van der Waals surface area contributed by atoms with Crippen molar-refractivity contribution in [2.75, 3.05) is 0 Å². The first kappa shape index (κ1) is 9.90. The SMILES string of the molecule is Cc1cc(-c2cncnc2)nc2ccccc12. The van der Waals surface area contributed by atoms with Gasteiger partial charge in [-0.15, -0.1) is 0 Å². The van der Waals surface area contributed by atoms with Gasteiger partial charge in [0.15, 0.2) is 0 Å². The van der Waals surface area contributed by atoms with Gasteiger partial charge in [-0.1, -0.05) is 18.2 Å². The van der Waals surface area contributed by atoms with Crippen molar-refractivity contribution in [3.8, 4) is 11.3 Å². The normalized spacial score (nSPS) is 10.6. The van der Waals surface area contributed by atoms with E-state index < -0.39 is 0 Å². The number of fused-ring (bicyclic) bond motifs is 1. The standard InChI is InChI=1S/C14H11N3/c1-10-6-14(11-7-15-9-16-8-11)17-13-5-3-2-4-12(10)13/h2-9H,1H3. The second-order valence-electron chi connectivity index (χ2n) is 3.97. The van der Waals surface area contributed by atoms with Crippen molar-refractivity contribution in [1.29, 1.82) is 0 Å². The molecule has 3 aromatic rings. The van der Waals surface area contributed by atoms with Crippen molar-refractivity contribution in [2.45, 2.75) is 6.92 Å². The molecular weight excluding hydrogens is 210 g/mol. The molecule has 0 saturated heterocycles. The summed E-state index contributed by atoms with van der Waals surface area (Å²) >= 11 is 0. The molecule has 0 saturated carbocycles. The number of nitrogens with zero attached hydrogens (tertiary/aromatic N) is 3. The zero-order valence-corrected chi connectivity index (χ0v) is 9.46. The third-order valence-electron chi connectivity index (χ3n) is 2.78. The van der Waals surface area contributed by atoms with Crippen LogP contribution >= 0.6 is 0 Å². The van der Waals surface area contributed by atoms with Crippen LogP contribution in [0.1, 0.15) is 5.56 Å². The molecule has 0 aliphatic rings. The molecule has 17 heavy (non-hydrogen) atoms. The molecule has 0 aliphatic heterocycles. The van der Waals surface area contributed by atoms with Gasteiger partial charge in [0.05, 0.1) is 11.2 Å². The summed E-state index contributed by atoms with van der Waals surface area (Å²) in [6, 6.07) is 10.2. The van der Waals surface area contributed by atoms with Gasteiger partial charge in [-0.25, -0.2) is 15.0 Å². The topological polar surface area (TPSA) is 38.7 Å². The molecule has 2 heterocycles. The Morgan fingerprint density at radius 2 is 1.76 bits per heavy atom. The fourth-order valence-electron chi connectivity index (χ4n) is 1.93. The predicted octanol–water partition coefficient (Wildman–Crippen LogP) is 3.00. The lowest BCUT2D eigenvalue weighted by Crippen LogP contribution is -1.89. The number of hydrogen-bond donors (Lipinski definition) is 0. The number of para-hydroxylation sites is 1. The Hall–Kier alpha value is -2.29.